The average molecular weight is 204 g/mol. The zero-order valence-electron chi connectivity index (χ0n) is 9.21. The molecule has 2 nitrogen and oxygen atoms in total. The Kier molecular flexibility index (Phi) is 1.63. The molecule has 1 fully saturated rings. The minimum Gasteiger partial charge on any atom is -0.384 e. The molecule has 2 atom stereocenters. The van der Waals surface area contributed by atoms with Crippen molar-refractivity contribution in [2.45, 2.75) is 39.2 Å². The molecule has 1 spiro atoms. The van der Waals surface area contributed by atoms with E-state index in [0.717, 1.165) is 24.8 Å². The normalized spacial score (nSPS) is 37.0. The van der Waals surface area contributed by atoms with Crippen LogP contribution in [0.5, 0.6) is 0 Å². The Morgan fingerprint density at radius 2 is 2.13 bits per heavy atom. The SMILES string of the molecule is CC1=C2C[C@H](C)C=C2C(=O)[C@H](O)C12CC2. The van der Waals surface area contributed by atoms with Crippen LogP contribution in [0.2, 0.25) is 0 Å². The van der Waals surface area contributed by atoms with Gasteiger partial charge in [-0.2, -0.15) is 0 Å². The number of ketones is 1. The number of allylic oxidation sites excluding steroid dienone is 2. The molecule has 1 N–H and O–H groups in total. The number of aliphatic hydroxyl groups excluding tert-OH is 1. The van der Waals surface area contributed by atoms with Crippen molar-refractivity contribution < 1.29 is 9.90 Å². The Balaban J connectivity index is 2.17. The van der Waals surface area contributed by atoms with E-state index in [1.807, 2.05) is 6.08 Å². The van der Waals surface area contributed by atoms with E-state index in [4.69, 9.17) is 0 Å². The van der Waals surface area contributed by atoms with Gasteiger partial charge in [0.25, 0.3) is 0 Å². The summed E-state index contributed by atoms with van der Waals surface area (Å²) in [6, 6.07) is 0. The van der Waals surface area contributed by atoms with Gasteiger partial charge in [-0.3, -0.25) is 4.79 Å². The lowest BCUT2D eigenvalue weighted by molar-refractivity contribution is -0.126. The minimum atomic E-state index is -0.766. The number of carbonyl (C=O) groups excluding carboxylic acids is 1. The van der Waals surface area contributed by atoms with E-state index in [1.165, 1.54) is 11.1 Å². The van der Waals surface area contributed by atoms with Crippen molar-refractivity contribution in [3.63, 3.8) is 0 Å². The maximum atomic E-state index is 12.0. The standard InChI is InChI=1S/C13H16O2/c1-7-5-9-8(2)13(3-4-13)12(15)11(14)10(9)6-7/h6-7,12,15H,3-5H2,1-2H3/t7-,12-/m0/s1. The van der Waals surface area contributed by atoms with Crippen LogP contribution < -0.4 is 0 Å². The van der Waals surface area contributed by atoms with Crippen molar-refractivity contribution in [1.29, 1.82) is 0 Å². The highest BCUT2D eigenvalue weighted by Gasteiger charge is 2.57. The van der Waals surface area contributed by atoms with E-state index in [-0.39, 0.29) is 11.2 Å². The molecule has 0 heterocycles. The quantitative estimate of drug-likeness (QED) is 0.655. The van der Waals surface area contributed by atoms with Crippen LogP contribution in [-0.2, 0) is 4.79 Å². The van der Waals surface area contributed by atoms with Gasteiger partial charge < -0.3 is 5.11 Å². The van der Waals surface area contributed by atoms with Crippen LogP contribution in [0.25, 0.3) is 0 Å². The predicted octanol–water partition coefficient (Wildman–Crippen LogP) is 1.99. The predicted molar refractivity (Wildman–Crippen MR) is 57.2 cm³/mol. The lowest BCUT2D eigenvalue weighted by atomic mass is 9.76. The molecule has 0 saturated heterocycles. The molecule has 0 aromatic carbocycles. The molecular weight excluding hydrogens is 188 g/mol. The number of hydrogen-bond acceptors (Lipinski definition) is 2. The van der Waals surface area contributed by atoms with E-state index in [2.05, 4.69) is 13.8 Å². The second-order valence-electron chi connectivity index (χ2n) is 5.29. The fourth-order valence-corrected chi connectivity index (χ4v) is 3.15. The molecule has 0 aromatic heterocycles. The molecule has 2 heteroatoms. The number of fused-ring (bicyclic) bond motifs is 1. The summed E-state index contributed by atoms with van der Waals surface area (Å²) in [7, 11) is 0. The summed E-state index contributed by atoms with van der Waals surface area (Å²) in [5.41, 5.74) is 3.17. The largest absolute Gasteiger partial charge is 0.384 e. The lowest BCUT2D eigenvalue weighted by Gasteiger charge is -2.30. The van der Waals surface area contributed by atoms with Gasteiger partial charge in [-0.15, -0.1) is 0 Å². The third-order valence-corrected chi connectivity index (χ3v) is 4.33. The Morgan fingerprint density at radius 3 is 2.73 bits per heavy atom. The van der Waals surface area contributed by atoms with Gasteiger partial charge in [0.05, 0.1) is 0 Å². The van der Waals surface area contributed by atoms with Crippen molar-refractivity contribution in [2.75, 3.05) is 0 Å². The van der Waals surface area contributed by atoms with Gasteiger partial charge in [-0.25, -0.2) is 0 Å². The molecule has 0 amide bonds. The molecule has 0 radical (unpaired) electrons. The summed E-state index contributed by atoms with van der Waals surface area (Å²) >= 11 is 0. The maximum Gasteiger partial charge on any atom is 0.192 e. The fourth-order valence-electron chi connectivity index (χ4n) is 3.15. The molecule has 15 heavy (non-hydrogen) atoms. The van der Waals surface area contributed by atoms with Crippen molar-refractivity contribution in [2.24, 2.45) is 11.3 Å². The Bertz CT molecular complexity index is 410. The Morgan fingerprint density at radius 1 is 1.47 bits per heavy atom. The van der Waals surface area contributed by atoms with Crippen molar-refractivity contribution in [3.05, 3.63) is 22.8 Å². The van der Waals surface area contributed by atoms with Crippen LogP contribution >= 0.6 is 0 Å². The molecule has 0 aromatic rings. The second-order valence-corrected chi connectivity index (χ2v) is 5.29. The van der Waals surface area contributed by atoms with Crippen LogP contribution in [0.1, 0.15) is 33.1 Å². The average Bonchev–Trinajstić information content (AvgIpc) is 2.92. The van der Waals surface area contributed by atoms with E-state index < -0.39 is 6.10 Å². The van der Waals surface area contributed by atoms with Crippen LogP contribution in [0, 0.1) is 11.3 Å². The zero-order chi connectivity index (χ0) is 10.8. The second kappa shape index (κ2) is 2.62. The number of aliphatic hydroxyl groups is 1. The molecule has 0 aliphatic heterocycles. The highest BCUT2D eigenvalue weighted by Crippen LogP contribution is 2.60. The number of carbonyl (C=O) groups is 1. The first-order chi connectivity index (χ1) is 7.06. The third-order valence-electron chi connectivity index (χ3n) is 4.33. The summed E-state index contributed by atoms with van der Waals surface area (Å²) in [4.78, 5) is 12.0. The van der Waals surface area contributed by atoms with Gasteiger partial charge in [0.2, 0.25) is 0 Å². The number of rotatable bonds is 0. The highest BCUT2D eigenvalue weighted by molar-refractivity contribution is 6.06. The van der Waals surface area contributed by atoms with E-state index in [1.54, 1.807) is 0 Å². The lowest BCUT2D eigenvalue weighted by Crippen LogP contribution is -2.37. The Labute approximate surface area is 89.7 Å². The summed E-state index contributed by atoms with van der Waals surface area (Å²) in [6.45, 7) is 4.23. The molecule has 0 unspecified atom stereocenters. The fraction of sp³-hybridized carbons (Fsp3) is 0.615. The molecule has 3 rings (SSSR count). The van der Waals surface area contributed by atoms with Crippen LogP contribution in [0.4, 0.5) is 0 Å². The summed E-state index contributed by atoms with van der Waals surface area (Å²) in [5, 5.41) is 10.0. The molecule has 3 aliphatic rings. The van der Waals surface area contributed by atoms with Crippen molar-refractivity contribution in [3.8, 4) is 0 Å². The van der Waals surface area contributed by atoms with Gasteiger partial charge in [0, 0.05) is 11.0 Å². The summed E-state index contributed by atoms with van der Waals surface area (Å²) < 4.78 is 0. The van der Waals surface area contributed by atoms with E-state index in [0.29, 0.717) is 5.92 Å². The highest BCUT2D eigenvalue weighted by atomic mass is 16.3. The smallest absolute Gasteiger partial charge is 0.192 e. The topological polar surface area (TPSA) is 37.3 Å². The molecule has 0 bridgehead atoms. The van der Waals surface area contributed by atoms with Gasteiger partial charge in [-0.1, -0.05) is 18.6 Å². The third kappa shape index (κ3) is 1.01. The summed E-state index contributed by atoms with van der Waals surface area (Å²) in [6.07, 6.45) is 4.22. The molecule has 1 saturated carbocycles. The first kappa shape index (κ1) is 9.34. The van der Waals surface area contributed by atoms with Crippen molar-refractivity contribution in [1.82, 2.24) is 0 Å². The molecule has 3 aliphatic carbocycles. The van der Waals surface area contributed by atoms with Crippen molar-refractivity contribution >= 4 is 5.78 Å². The van der Waals surface area contributed by atoms with Crippen LogP contribution in [0.15, 0.2) is 22.8 Å². The summed E-state index contributed by atoms with van der Waals surface area (Å²) in [5.74, 6) is 0.424. The first-order valence-corrected chi connectivity index (χ1v) is 5.71. The van der Waals surface area contributed by atoms with Gasteiger partial charge >= 0.3 is 0 Å². The molecule has 80 valence electrons. The van der Waals surface area contributed by atoms with Crippen LogP contribution in [0.3, 0.4) is 0 Å². The first-order valence-electron chi connectivity index (χ1n) is 5.71. The number of hydrogen-bond donors (Lipinski definition) is 1. The van der Waals surface area contributed by atoms with Gasteiger partial charge in [0.15, 0.2) is 5.78 Å². The maximum absolute atomic E-state index is 12.0. The Hall–Kier alpha value is -0.890. The van der Waals surface area contributed by atoms with E-state index >= 15 is 0 Å². The number of Topliss-reactive ketones (excluding diaryl/α,β-unsaturated/α-hetero) is 1. The molecular formula is C13H16O2. The van der Waals surface area contributed by atoms with Gasteiger partial charge in [-0.05, 0) is 37.7 Å². The van der Waals surface area contributed by atoms with Crippen LogP contribution in [-0.4, -0.2) is 17.0 Å². The minimum absolute atomic E-state index is 0.0301. The zero-order valence-corrected chi connectivity index (χ0v) is 9.21. The monoisotopic (exact) mass is 204 g/mol. The van der Waals surface area contributed by atoms with Gasteiger partial charge in [0.1, 0.15) is 6.10 Å². The van der Waals surface area contributed by atoms with E-state index in [9.17, 15) is 9.90 Å².